The molecule has 3 aromatic rings. The van der Waals surface area contributed by atoms with Crippen LogP contribution in [0.25, 0.3) is 22.0 Å². The molecule has 0 aliphatic heterocycles. The maximum atomic E-state index is 12.9. The quantitative estimate of drug-likeness (QED) is 0.366. The van der Waals surface area contributed by atoms with E-state index in [1.165, 1.54) is 12.1 Å². The predicted molar refractivity (Wildman–Crippen MR) is 106 cm³/mol. The van der Waals surface area contributed by atoms with E-state index in [1.54, 1.807) is 0 Å². The van der Waals surface area contributed by atoms with Gasteiger partial charge >= 0.3 is 6.18 Å². The van der Waals surface area contributed by atoms with Gasteiger partial charge in [0.15, 0.2) is 0 Å². The lowest BCUT2D eigenvalue weighted by Gasteiger charge is -2.21. The van der Waals surface area contributed by atoms with Crippen LogP contribution in [0.5, 0.6) is 0 Å². The highest BCUT2D eigenvalue weighted by Crippen LogP contribution is 2.33. The largest absolute Gasteiger partial charge is 0.416 e. The van der Waals surface area contributed by atoms with Crippen LogP contribution in [-0.2, 0) is 6.18 Å². The predicted octanol–water partition coefficient (Wildman–Crippen LogP) is 5.47. The minimum absolute atomic E-state index is 0.647. The van der Waals surface area contributed by atoms with Crippen LogP contribution >= 0.6 is 22.6 Å². The molecule has 130 valence electrons. The Bertz CT molecular complexity index is 932. The van der Waals surface area contributed by atoms with E-state index in [1.807, 2.05) is 18.2 Å². The Balaban J connectivity index is 2.31. The first-order valence-electron chi connectivity index (χ1n) is 7.72. The van der Waals surface area contributed by atoms with Crippen LogP contribution in [0.2, 0.25) is 19.6 Å². The van der Waals surface area contributed by atoms with Crippen LogP contribution in [0.3, 0.4) is 0 Å². The van der Waals surface area contributed by atoms with Gasteiger partial charge in [-0.25, -0.2) is 0 Å². The molecule has 0 fully saturated rings. The average Bonchev–Trinajstić information content (AvgIpc) is 2.52. The number of fused-ring (bicyclic) bond motifs is 1. The van der Waals surface area contributed by atoms with E-state index in [9.17, 15) is 13.2 Å². The summed E-state index contributed by atoms with van der Waals surface area (Å²) in [6, 6.07) is 11.2. The number of hydrogen-bond donors (Lipinski definition) is 0. The number of aromatic nitrogens is 2. The second kappa shape index (κ2) is 6.35. The van der Waals surface area contributed by atoms with Crippen LogP contribution < -0.4 is 5.32 Å². The van der Waals surface area contributed by atoms with Crippen molar-refractivity contribution in [3.05, 3.63) is 51.6 Å². The second-order valence-corrected chi connectivity index (χ2v) is 13.0. The van der Waals surface area contributed by atoms with Gasteiger partial charge in [-0.1, -0.05) is 43.9 Å². The van der Waals surface area contributed by atoms with Crippen LogP contribution in [0.1, 0.15) is 5.56 Å². The summed E-state index contributed by atoms with van der Waals surface area (Å²) in [6.45, 7) is 6.47. The molecule has 0 atom stereocenters. The molecule has 0 saturated heterocycles. The number of rotatable bonds is 2. The van der Waals surface area contributed by atoms with Crippen molar-refractivity contribution in [2.75, 3.05) is 0 Å². The average molecular weight is 472 g/mol. The van der Waals surface area contributed by atoms with Crippen LogP contribution in [-0.4, -0.2) is 18.3 Å². The van der Waals surface area contributed by atoms with Crippen molar-refractivity contribution in [1.29, 1.82) is 0 Å². The fourth-order valence-electron chi connectivity index (χ4n) is 2.74. The summed E-state index contributed by atoms with van der Waals surface area (Å²) < 4.78 is 39.6. The standard InChI is InChI=1S/C18H16F3IN2Si/c1-25(2,3)17-15(11-7-9-12(10-8-11)18(19,20)21)13-5-4-6-14(22)16(13)23-24-17/h4-10H,1-3H3. The zero-order valence-corrected chi connectivity index (χ0v) is 17.1. The maximum absolute atomic E-state index is 12.9. The van der Waals surface area contributed by atoms with Gasteiger partial charge in [0, 0.05) is 14.5 Å². The molecular formula is C18H16F3IN2Si. The van der Waals surface area contributed by atoms with Gasteiger partial charge in [-0.15, -0.1) is 5.10 Å². The molecule has 1 aromatic heterocycles. The summed E-state index contributed by atoms with van der Waals surface area (Å²) in [5.74, 6) is 0. The molecule has 0 N–H and O–H groups in total. The van der Waals surface area contributed by atoms with E-state index in [-0.39, 0.29) is 0 Å². The van der Waals surface area contributed by atoms with Crippen molar-refractivity contribution >= 4 is 46.9 Å². The number of halogens is 4. The smallest absolute Gasteiger partial charge is 0.166 e. The summed E-state index contributed by atoms with van der Waals surface area (Å²) in [7, 11) is -1.84. The van der Waals surface area contributed by atoms with E-state index < -0.39 is 19.8 Å². The van der Waals surface area contributed by atoms with E-state index in [0.717, 1.165) is 43.0 Å². The zero-order chi connectivity index (χ0) is 18.4. The third-order valence-electron chi connectivity index (χ3n) is 3.95. The third kappa shape index (κ3) is 3.57. The molecule has 25 heavy (non-hydrogen) atoms. The molecule has 0 aliphatic carbocycles. The molecular weight excluding hydrogens is 456 g/mol. The minimum atomic E-state index is -4.34. The lowest BCUT2D eigenvalue weighted by atomic mass is 10.0. The van der Waals surface area contributed by atoms with E-state index in [2.05, 4.69) is 52.4 Å². The first-order chi connectivity index (χ1) is 11.6. The van der Waals surface area contributed by atoms with Crippen molar-refractivity contribution in [1.82, 2.24) is 10.2 Å². The summed E-state index contributed by atoms with van der Waals surface area (Å²) in [5, 5.41) is 10.7. The van der Waals surface area contributed by atoms with Crippen molar-refractivity contribution in [3.63, 3.8) is 0 Å². The SMILES string of the molecule is C[Si](C)(C)c1nnc2c(I)cccc2c1-c1ccc(C(F)(F)F)cc1. The minimum Gasteiger partial charge on any atom is -0.166 e. The topological polar surface area (TPSA) is 25.8 Å². The Morgan fingerprint density at radius 3 is 2.12 bits per heavy atom. The molecule has 0 bridgehead atoms. The molecule has 0 spiro atoms. The fraction of sp³-hybridized carbons (Fsp3) is 0.222. The van der Waals surface area contributed by atoms with Crippen LogP contribution in [0, 0.1) is 3.57 Å². The lowest BCUT2D eigenvalue weighted by Crippen LogP contribution is -2.42. The molecule has 3 rings (SSSR count). The van der Waals surface area contributed by atoms with Gasteiger partial charge in [0.25, 0.3) is 0 Å². The van der Waals surface area contributed by atoms with Gasteiger partial charge < -0.3 is 0 Å². The molecule has 2 nitrogen and oxygen atoms in total. The fourth-order valence-corrected chi connectivity index (χ4v) is 4.72. The molecule has 0 unspecified atom stereocenters. The number of alkyl halides is 3. The van der Waals surface area contributed by atoms with Gasteiger partial charge in [0.1, 0.15) is 13.6 Å². The van der Waals surface area contributed by atoms with Crippen molar-refractivity contribution in [3.8, 4) is 11.1 Å². The summed E-state index contributed by atoms with van der Waals surface area (Å²) in [6.07, 6.45) is -4.34. The van der Waals surface area contributed by atoms with Gasteiger partial charge in [-0.05, 0) is 46.4 Å². The zero-order valence-electron chi connectivity index (χ0n) is 13.9. The Morgan fingerprint density at radius 1 is 0.920 bits per heavy atom. The Labute approximate surface area is 158 Å². The van der Waals surface area contributed by atoms with E-state index in [4.69, 9.17) is 0 Å². The molecule has 0 amide bonds. The maximum Gasteiger partial charge on any atom is 0.416 e. The van der Waals surface area contributed by atoms with Crippen molar-refractivity contribution < 1.29 is 13.2 Å². The third-order valence-corrected chi connectivity index (χ3v) is 6.60. The number of benzene rings is 2. The first kappa shape index (κ1) is 18.3. The Kier molecular flexibility index (Phi) is 4.65. The van der Waals surface area contributed by atoms with Crippen molar-refractivity contribution in [2.45, 2.75) is 25.8 Å². The van der Waals surface area contributed by atoms with E-state index >= 15 is 0 Å². The van der Waals surface area contributed by atoms with Gasteiger partial charge in [0.05, 0.1) is 10.9 Å². The highest BCUT2D eigenvalue weighted by Gasteiger charge is 2.31. The molecule has 0 saturated carbocycles. The first-order valence-corrected chi connectivity index (χ1v) is 12.3. The van der Waals surface area contributed by atoms with Crippen LogP contribution in [0.4, 0.5) is 13.2 Å². The molecule has 1 heterocycles. The molecule has 7 heteroatoms. The van der Waals surface area contributed by atoms with E-state index in [0.29, 0.717) is 0 Å². The van der Waals surface area contributed by atoms with Gasteiger partial charge in [-0.3, -0.25) is 0 Å². The summed E-state index contributed by atoms with van der Waals surface area (Å²) in [5.41, 5.74) is 1.77. The number of nitrogens with zero attached hydrogens (tertiary/aromatic N) is 2. The van der Waals surface area contributed by atoms with Crippen LogP contribution in [0.15, 0.2) is 42.5 Å². The normalized spacial score (nSPS) is 12.6. The highest BCUT2D eigenvalue weighted by molar-refractivity contribution is 14.1. The van der Waals surface area contributed by atoms with Crippen molar-refractivity contribution in [2.24, 2.45) is 0 Å². The summed E-state index contributed by atoms with van der Waals surface area (Å²) in [4.78, 5) is 0. The second-order valence-electron chi connectivity index (χ2n) is 6.88. The summed E-state index contributed by atoms with van der Waals surface area (Å²) >= 11 is 2.20. The molecule has 2 aromatic carbocycles. The highest BCUT2D eigenvalue weighted by atomic mass is 127. The monoisotopic (exact) mass is 472 g/mol. The Morgan fingerprint density at radius 2 is 1.56 bits per heavy atom. The van der Waals surface area contributed by atoms with Gasteiger partial charge in [0.2, 0.25) is 0 Å². The Hall–Kier alpha value is -1.48. The lowest BCUT2D eigenvalue weighted by molar-refractivity contribution is -0.137. The number of hydrogen-bond acceptors (Lipinski definition) is 2. The molecule has 0 radical (unpaired) electrons. The molecule has 0 aliphatic rings. The van der Waals surface area contributed by atoms with Gasteiger partial charge in [-0.2, -0.15) is 18.3 Å².